The van der Waals surface area contributed by atoms with Gasteiger partial charge in [0.05, 0.1) is 4.88 Å². The van der Waals surface area contributed by atoms with Crippen molar-refractivity contribution in [2.45, 2.75) is 13.0 Å². The molecule has 1 heterocycles. The topological polar surface area (TPSA) is 46.3 Å². The lowest BCUT2D eigenvalue weighted by Gasteiger charge is -2.20. The lowest BCUT2D eigenvalue weighted by atomic mass is 10.0. The fourth-order valence-corrected chi connectivity index (χ4v) is 2.71. The van der Waals surface area contributed by atoms with Crippen LogP contribution in [0.1, 0.15) is 28.2 Å². The molecular weight excluding hydrogens is 256 g/mol. The Hall–Kier alpha value is -1.65. The van der Waals surface area contributed by atoms with Gasteiger partial charge in [-0.1, -0.05) is 24.3 Å². The Bertz CT molecular complexity index is 572. The van der Waals surface area contributed by atoms with E-state index in [2.05, 4.69) is 50.2 Å². The van der Waals surface area contributed by atoms with Gasteiger partial charge in [-0.05, 0) is 44.3 Å². The normalized spacial score (nSPS) is 12.6. The molecule has 1 aromatic heterocycles. The molecular formula is C15H18N2OS. The van der Waals surface area contributed by atoms with Crippen molar-refractivity contribution in [1.29, 1.82) is 0 Å². The Labute approximate surface area is 117 Å². The number of nitrogens with two attached hydrogens (primary N) is 1. The average Bonchev–Trinajstić information content (AvgIpc) is 2.87. The van der Waals surface area contributed by atoms with Crippen molar-refractivity contribution < 1.29 is 4.79 Å². The molecule has 0 aliphatic carbocycles. The second-order valence-corrected chi connectivity index (χ2v) is 5.87. The van der Waals surface area contributed by atoms with Gasteiger partial charge in [-0.3, -0.25) is 4.79 Å². The maximum atomic E-state index is 11.1. The second-order valence-electron chi connectivity index (χ2n) is 4.79. The standard InChI is InChI=1S/C15H18N2OS/c1-10(17(2)3)11-4-6-12(7-5-11)13-8-9-14(19-13)15(16)18/h4-10H,1-3H3,(H2,16,18)/t10-/m0/s1. The van der Waals surface area contributed by atoms with Crippen LogP contribution in [0.25, 0.3) is 10.4 Å². The van der Waals surface area contributed by atoms with Crippen molar-refractivity contribution in [3.8, 4) is 10.4 Å². The quantitative estimate of drug-likeness (QED) is 0.931. The second kappa shape index (κ2) is 5.55. The zero-order valence-corrected chi connectivity index (χ0v) is 12.2. The van der Waals surface area contributed by atoms with Crippen molar-refractivity contribution >= 4 is 17.2 Å². The molecule has 0 saturated heterocycles. The van der Waals surface area contributed by atoms with E-state index < -0.39 is 0 Å². The molecule has 0 radical (unpaired) electrons. The predicted molar refractivity (Wildman–Crippen MR) is 80.4 cm³/mol. The minimum atomic E-state index is -0.367. The van der Waals surface area contributed by atoms with Crippen LogP contribution in [0.4, 0.5) is 0 Å². The van der Waals surface area contributed by atoms with Gasteiger partial charge in [-0.15, -0.1) is 11.3 Å². The van der Waals surface area contributed by atoms with Crippen LogP contribution >= 0.6 is 11.3 Å². The van der Waals surface area contributed by atoms with Crippen molar-refractivity contribution in [3.63, 3.8) is 0 Å². The number of thiophene rings is 1. The summed E-state index contributed by atoms with van der Waals surface area (Å²) in [5.41, 5.74) is 7.66. The maximum absolute atomic E-state index is 11.1. The van der Waals surface area contributed by atoms with Crippen LogP contribution in [0.2, 0.25) is 0 Å². The summed E-state index contributed by atoms with van der Waals surface area (Å²) in [7, 11) is 4.13. The monoisotopic (exact) mass is 274 g/mol. The van der Waals surface area contributed by atoms with Gasteiger partial charge in [-0.2, -0.15) is 0 Å². The highest BCUT2D eigenvalue weighted by molar-refractivity contribution is 7.17. The molecule has 1 aromatic carbocycles. The van der Waals surface area contributed by atoms with E-state index in [1.165, 1.54) is 16.9 Å². The first kappa shape index (κ1) is 13.8. The SMILES string of the molecule is C[C@@H](c1ccc(-c2ccc(C(N)=O)s2)cc1)N(C)C. The Morgan fingerprint density at radius 3 is 2.26 bits per heavy atom. The molecule has 0 spiro atoms. The number of carbonyl (C=O) groups excluding carboxylic acids is 1. The Morgan fingerprint density at radius 1 is 1.16 bits per heavy atom. The smallest absolute Gasteiger partial charge is 0.258 e. The number of rotatable bonds is 4. The van der Waals surface area contributed by atoms with E-state index in [-0.39, 0.29) is 5.91 Å². The van der Waals surface area contributed by atoms with Crippen LogP contribution in [-0.4, -0.2) is 24.9 Å². The maximum Gasteiger partial charge on any atom is 0.258 e. The minimum absolute atomic E-state index is 0.367. The number of amides is 1. The molecule has 0 fully saturated rings. The van der Waals surface area contributed by atoms with Gasteiger partial charge < -0.3 is 10.6 Å². The summed E-state index contributed by atoms with van der Waals surface area (Å²) >= 11 is 1.43. The number of benzene rings is 1. The summed E-state index contributed by atoms with van der Waals surface area (Å²) < 4.78 is 0. The summed E-state index contributed by atoms with van der Waals surface area (Å²) in [5.74, 6) is -0.367. The highest BCUT2D eigenvalue weighted by Gasteiger charge is 2.09. The summed E-state index contributed by atoms with van der Waals surface area (Å²) in [6, 6.07) is 12.5. The number of hydrogen-bond donors (Lipinski definition) is 1. The zero-order valence-electron chi connectivity index (χ0n) is 11.4. The number of nitrogens with zero attached hydrogens (tertiary/aromatic N) is 1. The number of primary amides is 1. The van der Waals surface area contributed by atoms with Crippen LogP contribution in [0.5, 0.6) is 0 Å². The molecule has 4 heteroatoms. The van der Waals surface area contributed by atoms with Gasteiger partial charge in [0.15, 0.2) is 0 Å². The first-order valence-corrected chi connectivity index (χ1v) is 6.97. The predicted octanol–water partition coefficient (Wildman–Crippen LogP) is 3.14. The highest BCUT2D eigenvalue weighted by atomic mass is 32.1. The van der Waals surface area contributed by atoms with E-state index in [9.17, 15) is 4.79 Å². The molecule has 3 nitrogen and oxygen atoms in total. The van der Waals surface area contributed by atoms with Crippen molar-refractivity contribution in [2.24, 2.45) is 5.73 Å². The van der Waals surface area contributed by atoms with Crippen LogP contribution in [0.15, 0.2) is 36.4 Å². The first-order valence-electron chi connectivity index (χ1n) is 6.15. The van der Waals surface area contributed by atoms with E-state index in [1.807, 2.05) is 6.07 Å². The number of carbonyl (C=O) groups is 1. The Balaban J connectivity index is 2.24. The van der Waals surface area contributed by atoms with Crippen LogP contribution in [0, 0.1) is 0 Å². The third-order valence-corrected chi connectivity index (χ3v) is 4.45. The van der Waals surface area contributed by atoms with Gasteiger partial charge in [0.2, 0.25) is 0 Å². The molecule has 0 aliphatic heterocycles. The van der Waals surface area contributed by atoms with Crippen LogP contribution in [0.3, 0.4) is 0 Å². The fraction of sp³-hybridized carbons (Fsp3) is 0.267. The minimum Gasteiger partial charge on any atom is -0.365 e. The molecule has 0 unspecified atom stereocenters. The Morgan fingerprint density at radius 2 is 1.79 bits per heavy atom. The van der Waals surface area contributed by atoms with Crippen LogP contribution in [-0.2, 0) is 0 Å². The lowest BCUT2D eigenvalue weighted by Crippen LogP contribution is -2.16. The van der Waals surface area contributed by atoms with Gasteiger partial charge in [0.1, 0.15) is 0 Å². The van der Waals surface area contributed by atoms with Crippen molar-refractivity contribution in [3.05, 3.63) is 46.8 Å². The zero-order chi connectivity index (χ0) is 14.0. The van der Waals surface area contributed by atoms with Crippen LogP contribution < -0.4 is 5.73 Å². The van der Waals surface area contributed by atoms with Gasteiger partial charge in [0, 0.05) is 10.9 Å². The van der Waals surface area contributed by atoms with Crippen molar-refractivity contribution in [2.75, 3.05) is 14.1 Å². The van der Waals surface area contributed by atoms with Gasteiger partial charge in [0.25, 0.3) is 5.91 Å². The fourth-order valence-electron chi connectivity index (χ4n) is 1.85. The largest absolute Gasteiger partial charge is 0.365 e. The summed E-state index contributed by atoms with van der Waals surface area (Å²) in [4.78, 5) is 14.9. The molecule has 2 rings (SSSR count). The van der Waals surface area contributed by atoms with Gasteiger partial charge >= 0.3 is 0 Å². The summed E-state index contributed by atoms with van der Waals surface area (Å²) in [6.07, 6.45) is 0. The molecule has 100 valence electrons. The van der Waals surface area contributed by atoms with E-state index in [4.69, 9.17) is 5.73 Å². The molecule has 19 heavy (non-hydrogen) atoms. The van der Waals surface area contributed by atoms with E-state index in [1.54, 1.807) is 6.07 Å². The molecule has 2 N–H and O–H groups in total. The summed E-state index contributed by atoms with van der Waals surface area (Å²) in [6.45, 7) is 2.17. The first-order chi connectivity index (χ1) is 8.99. The molecule has 0 bridgehead atoms. The van der Waals surface area contributed by atoms with Crippen molar-refractivity contribution in [1.82, 2.24) is 4.90 Å². The van der Waals surface area contributed by atoms with E-state index >= 15 is 0 Å². The van der Waals surface area contributed by atoms with E-state index in [0.717, 1.165) is 10.4 Å². The molecule has 1 amide bonds. The molecule has 0 saturated carbocycles. The average molecular weight is 274 g/mol. The summed E-state index contributed by atoms with van der Waals surface area (Å²) in [5, 5.41) is 0. The third-order valence-electron chi connectivity index (χ3n) is 3.30. The highest BCUT2D eigenvalue weighted by Crippen LogP contribution is 2.29. The van der Waals surface area contributed by atoms with E-state index in [0.29, 0.717) is 10.9 Å². The molecule has 2 aromatic rings. The molecule has 0 aliphatic rings. The number of hydrogen-bond acceptors (Lipinski definition) is 3. The Kier molecular flexibility index (Phi) is 4.02. The third kappa shape index (κ3) is 3.03. The lowest BCUT2D eigenvalue weighted by molar-refractivity contribution is 0.100. The molecule has 1 atom stereocenters. The van der Waals surface area contributed by atoms with Gasteiger partial charge in [-0.25, -0.2) is 0 Å².